The van der Waals surface area contributed by atoms with E-state index < -0.39 is 0 Å². The lowest BCUT2D eigenvalue weighted by Crippen LogP contribution is -2.38. The van der Waals surface area contributed by atoms with Crippen molar-refractivity contribution in [1.29, 1.82) is 0 Å². The summed E-state index contributed by atoms with van der Waals surface area (Å²) in [4.78, 5) is 14.2. The van der Waals surface area contributed by atoms with Gasteiger partial charge in [-0.2, -0.15) is 0 Å². The van der Waals surface area contributed by atoms with Crippen molar-refractivity contribution in [2.45, 2.75) is 32.7 Å². The Labute approximate surface area is 144 Å². The van der Waals surface area contributed by atoms with Gasteiger partial charge in [-0.05, 0) is 18.6 Å². The van der Waals surface area contributed by atoms with Crippen LogP contribution in [-0.2, 0) is 12.0 Å². The standard InChI is InChI=1S/C18H24N2O2.ClH/c1-13-5-7-15(8-6-13)18(2,3)12-20(4)17(21)14-9-16(10-19)22-11-14;/h5-9,11H,10,12,19H2,1-4H3;1H. The number of nitrogens with zero attached hydrogens (tertiary/aromatic N) is 1. The highest BCUT2D eigenvalue weighted by Crippen LogP contribution is 2.25. The Kier molecular flexibility index (Phi) is 6.42. The van der Waals surface area contributed by atoms with Gasteiger partial charge < -0.3 is 15.1 Å². The molecule has 0 aliphatic heterocycles. The Hall–Kier alpha value is -1.78. The number of halogens is 1. The Morgan fingerprint density at radius 3 is 2.39 bits per heavy atom. The van der Waals surface area contributed by atoms with Gasteiger partial charge in [-0.1, -0.05) is 43.7 Å². The summed E-state index contributed by atoms with van der Waals surface area (Å²) in [5.74, 6) is 0.568. The number of furan rings is 1. The van der Waals surface area contributed by atoms with Crippen molar-refractivity contribution < 1.29 is 9.21 Å². The largest absolute Gasteiger partial charge is 0.467 e. The Morgan fingerprint density at radius 1 is 1.26 bits per heavy atom. The zero-order chi connectivity index (χ0) is 16.3. The Bertz CT molecular complexity index is 647. The molecule has 2 N–H and O–H groups in total. The lowest BCUT2D eigenvalue weighted by atomic mass is 9.83. The molecule has 2 rings (SSSR count). The summed E-state index contributed by atoms with van der Waals surface area (Å²) in [6, 6.07) is 10.2. The van der Waals surface area contributed by atoms with Crippen molar-refractivity contribution in [3.05, 3.63) is 59.0 Å². The van der Waals surface area contributed by atoms with Crippen LogP contribution < -0.4 is 5.73 Å². The van der Waals surface area contributed by atoms with Crippen LogP contribution in [-0.4, -0.2) is 24.4 Å². The second kappa shape index (κ2) is 7.66. The molecule has 0 atom stereocenters. The number of hydrogen-bond donors (Lipinski definition) is 1. The molecule has 1 amide bonds. The van der Waals surface area contributed by atoms with Gasteiger partial charge in [0.15, 0.2) is 0 Å². The van der Waals surface area contributed by atoms with Gasteiger partial charge in [0.05, 0.1) is 12.1 Å². The van der Waals surface area contributed by atoms with Crippen LogP contribution >= 0.6 is 12.4 Å². The summed E-state index contributed by atoms with van der Waals surface area (Å²) in [5.41, 5.74) is 8.38. The lowest BCUT2D eigenvalue weighted by Gasteiger charge is -2.31. The number of likely N-dealkylation sites (N-methyl/N-ethyl adjacent to an activating group) is 1. The van der Waals surface area contributed by atoms with E-state index in [1.807, 2.05) is 7.05 Å². The number of amides is 1. The first kappa shape index (κ1) is 19.3. The summed E-state index contributed by atoms with van der Waals surface area (Å²) in [5, 5.41) is 0. The number of aryl methyl sites for hydroxylation is 1. The van der Waals surface area contributed by atoms with E-state index >= 15 is 0 Å². The minimum absolute atomic E-state index is 0. The van der Waals surface area contributed by atoms with E-state index in [9.17, 15) is 4.79 Å². The van der Waals surface area contributed by atoms with Crippen LogP contribution in [0.3, 0.4) is 0 Å². The number of benzene rings is 1. The number of carbonyl (C=O) groups is 1. The molecule has 0 saturated heterocycles. The average Bonchev–Trinajstić information content (AvgIpc) is 2.95. The zero-order valence-electron chi connectivity index (χ0n) is 14.1. The van der Waals surface area contributed by atoms with Crippen LogP contribution in [0.1, 0.15) is 41.1 Å². The molecule has 0 saturated carbocycles. The SMILES string of the molecule is Cc1ccc(C(C)(C)CN(C)C(=O)c2coc(CN)c2)cc1.Cl. The van der Waals surface area contributed by atoms with Gasteiger partial charge in [0.25, 0.3) is 5.91 Å². The van der Waals surface area contributed by atoms with Crippen LogP contribution in [0.2, 0.25) is 0 Å². The molecule has 0 aliphatic rings. The normalized spacial score (nSPS) is 11.0. The molecule has 0 spiro atoms. The zero-order valence-corrected chi connectivity index (χ0v) is 14.9. The van der Waals surface area contributed by atoms with E-state index in [0.717, 1.165) is 0 Å². The molecule has 23 heavy (non-hydrogen) atoms. The minimum Gasteiger partial charge on any atom is -0.467 e. The van der Waals surface area contributed by atoms with Crippen molar-refractivity contribution >= 4 is 18.3 Å². The fraction of sp³-hybridized carbons (Fsp3) is 0.389. The van der Waals surface area contributed by atoms with Gasteiger partial charge in [0.2, 0.25) is 0 Å². The third-order valence-electron chi connectivity index (χ3n) is 3.91. The molecule has 1 aromatic carbocycles. The topological polar surface area (TPSA) is 59.5 Å². The monoisotopic (exact) mass is 336 g/mol. The molecule has 0 unspecified atom stereocenters. The Morgan fingerprint density at radius 2 is 1.87 bits per heavy atom. The highest BCUT2D eigenvalue weighted by molar-refractivity contribution is 5.93. The highest BCUT2D eigenvalue weighted by Gasteiger charge is 2.25. The fourth-order valence-corrected chi connectivity index (χ4v) is 2.58. The van der Waals surface area contributed by atoms with Crippen molar-refractivity contribution in [1.82, 2.24) is 4.90 Å². The van der Waals surface area contributed by atoms with Crippen molar-refractivity contribution in [3.63, 3.8) is 0 Å². The minimum atomic E-state index is -0.126. The number of carbonyl (C=O) groups excluding carboxylic acids is 1. The molecule has 126 valence electrons. The highest BCUT2D eigenvalue weighted by atomic mass is 35.5. The summed E-state index contributed by atoms with van der Waals surface area (Å²) in [6.45, 7) is 7.27. The lowest BCUT2D eigenvalue weighted by molar-refractivity contribution is 0.0767. The van der Waals surface area contributed by atoms with Gasteiger partial charge in [0.1, 0.15) is 12.0 Å². The number of hydrogen-bond acceptors (Lipinski definition) is 3. The summed E-state index contributed by atoms with van der Waals surface area (Å²) in [6.07, 6.45) is 1.47. The Balaban J connectivity index is 0.00000264. The predicted octanol–water partition coefficient (Wildman–Crippen LogP) is 3.52. The smallest absolute Gasteiger partial charge is 0.256 e. The molecule has 1 heterocycles. The van der Waals surface area contributed by atoms with Crippen LogP contribution in [0.25, 0.3) is 0 Å². The average molecular weight is 337 g/mol. The second-order valence-corrected chi connectivity index (χ2v) is 6.42. The molecule has 5 heteroatoms. The van der Waals surface area contributed by atoms with E-state index in [2.05, 4.69) is 45.0 Å². The molecule has 0 radical (unpaired) electrons. The van der Waals surface area contributed by atoms with E-state index in [-0.39, 0.29) is 23.7 Å². The maximum atomic E-state index is 12.5. The maximum Gasteiger partial charge on any atom is 0.256 e. The van der Waals surface area contributed by atoms with Gasteiger partial charge in [0, 0.05) is 19.0 Å². The van der Waals surface area contributed by atoms with Crippen molar-refractivity contribution in [2.75, 3.05) is 13.6 Å². The summed E-state index contributed by atoms with van der Waals surface area (Å²) >= 11 is 0. The first-order valence-electron chi connectivity index (χ1n) is 7.43. The van der Waals surface area contributed by atoms with Gasteiger partial charge in [-0.25, -0.2) is 0 Å². The van der Waals surface area contributed by atoms with Gasteiger partial charge in [-0.3, -0.25) is 4.79 Å². The fourth-order valence-electron chi connectivity index (χ4n) is 2.58. The van der Waals surface area contributed by atoms with Crippen molar-refractivity contribution in [2.24, 2.45) is 5.73 Å². The molecular weight excluding hydrogens is 312 g/mol. The molecule has 4 nitrogen and oxygen atoms in total. The third kappa shape index (κ3) is 4.60. The first-order valence-corrected chi connectivity index (χ1v) is 7.43. The molecule has 1 aromatic heterocycles. The molecule has 0 aliphatic carbocycles. The first-order chi connectivity index (χ1) is 10.3. The number of nitrogens with two attached hydrogens (primary N) is 1. The number of rotatable bonds is 5. The summed E-state index contributed by atoms with van der Waals surface area (Å²) < 4.78 is 5.24. The molecule has 0 fully saturated rings. The van der Waals surface area contributed by atoms with Crippen LogP contribution in [0, 0.1) is 6.92 Å². The van der Waals surface area contributed by atoms with Gasteiger partial charge in [-0.15, -0.1) is 12.4 Å². The van der Waals surface area contributed by atoms with Crippen LogP contribution in [0.4, 0.5) is 0 Å². The maximum absolute atomic E-state index is 12.5. The second-order valence-electron chi connectivity index (χ2n) is 6.42. The quantitative estimate of drug-likeness (QED) is 0.908. The van der Waals surface area contributed by atoms with Crippen LogP contribution in [0.15, 0.2) is 41.0 Å². The van der Waals surface area contributed by atoms with Gasteiger partial charge >= 0.3 is 0 Å². The molecule has 2 aromatic rings. The van der Waals surface area contributed by atoms with E-state index in [1.54, 1.807) is 11.0 Å². The molecule has 0 bridgehead atoms. The van der Waals surface area contributed by atoms with E-state index in [4.69, 9.17) is 10.2 Å². The van der Waals surface area contributed by atoms with E-state index in [1.165, 1.54) is 17.4 Å². The summed E-state index contributed by atoms with van der Waals surface area (Å²) in [7, 11) is 1.81. The van der Waals surface area contributed by atoms with Crippen LogP contribution in [0.5, 0.6) is 0 Å². The third-order valence-corrected chi connectivity index (χ3v) is 3.91. The predicted molar refractivity (Wildman–Crippen MR) is 95.0 cm³/mol. The van der Waals surface area contributed by atoms with Crippen molar-refractivity contribution in [3.8, 4) is 0 Å². The van der Waals surface area contributed by atoms with E-state index in [0.29, 0.717) is 24.4 Å². The molecular formula is C18H25ClN2O2.